The van der Waals surface area contributed by atoms with E-state index in [1.165, 1.54) is 31.3 Å². The Morgan fingerprint density at radius 2 is 1.88 bits per heavy atom. The van der Waals surface area contributed by atoms with Gasteiger partial charge in [0, 0.05) is 27.7 Å². The van der Waals surface area contributed by atoms with Crippen molar-refractivity contribution in [1.29, 1.82) is 0 Å². The predicted octanol–water partition coefficient (Wildman–Crippen LogP) is 4.73. The van der Waals surface area contributed by atoms with Gasteiger partial charge in [0.2, 0.25) is 0 Å². The molecule has 0 radical (unpaired) electrons. The van der Waals surface area contributed by atoms with Gasteiger partial charge in [0.05, 0.1) is 12.7 Å². The third-order valence-corrected chi connectivity index (χ3v) is 6.23. The summed E-state index contributed by atoms with van der Waals surface area (Å²) in [7, 11) is 0. The molecule has 0 saturated heterocycles. The zero-order valence-electron chi connectivity index (χ0n) is 16.3. The van der Waals surface area contributed by atoms with Crippen LogP contribution >= 0.6 is 0 Å². The maximum absolute atomic E-state index is 10.3. The third-order valence-electron chi connectivity index (χ3n) is 6.23. The largest absolute Gasteiger partial charge is 0.796 e. The molecule has 0 heterocycles. The van der Waals surface area contributed by atoms with Crippen molar-refractivity contribution >= 4 is 12.6 Å². The molecule has 0 aromatic rings. The molecule has 0 aromatic carbocycles. The Bertz CT molecular complexity index is 380. The predicted molar refractivity (Wildman–Crippen MR) is 101 cm³/mol. The van der Waals surface area contributed by atoms with Crippen LogP contribution in [0.5, 0.6) is 0 Å². The number of ether oxygens (including phenoxy) is 1. The van der Waals surface area contributed by atoms with Crippen molar-refractivity contribution in [3.05, 3.63) is 12.2 Å². The first-order valence-corrected chi connectivity index (χ1v) is 9.91. The summed E-state index contributed by atoms with van der Waals surface area (Å²) in [5, 5.41) is 10.3. The molecule has 2 rings (SSSR count). The Kier molecular flexibility index (Phi) is 11.1. The molecule has 24 heavy (non-hydrogen) atoms. The molecule has 4 atom stereocenters. The van der Waals surface area contributed by atoms with Crippen LogP contribution in [0.2, 0.25) is 0 Å². The van der Waals surface area contributed by atoms with Gasteiger partial charge in [-0.3, -0.25) is 0 Å². The summed E-state index contributed by atoms with van der Waals surface area (Å²) in [5.74, 6) is 1.25. The van der Waals surface area contributed by atoms with E-state index in [9.17, 15) is 5.11 Å². The van der Waals surface area contributed by atoms with E-state index >= 15 is 0 Å². The quantitative estimate of drug-likeness (QED) is 0.320. The zero-order chi connectivity index (χ0) is 17.7. The van der Waals surface area contributed by atoms with Crippen LogP contribution in [-0.2, 0) is 38.4 Å². The van der Waals surface area contributed by atoms with Crippen LogP contribution in [0.15, 0.2) is 12.2 Å². The van der Waals surface area contributed by atoms with Crippen molar-refractivity contribution < 1.29 is 30.9 Å². The summed E-state index contributed by atoms with van der Waals surface area (Å²) in [4.78, 5) is 0. The Hall–Kier alpha value is 0.698. The number of hydrogen-bond acceptors (Lipinski definition) is 3. The standard InChI is InChI=1S/C19H34O2.CH4S.W/c1-14(18(2,3)4)13-21-12-10-15-8-9-16-17(20)7-6-11-19(15,16)5;1-2;/h15-17,20H,1,6-13H2,2-5H3;2H,1H3;/p-1. The first-order chi connectivity index (χ1) is 10.7. The molecule has 2 aliphatic carbocycles. The second kappa shape index (κ2) is 10.8. The summed E-state index contributed by atoms with van der Waals surface area (Å²) < 4.78 is 5.87. The number of hydrogen-bond donors (Lipinski definition) is 1. The third kappa shape index (κ3) is 6.15. The summed E-state index contributed by atoms with van der Waals surface area (Å²) in [6, 6.07) is 0. The molecule has 0 aromatic heterocycles. The van der Waals surface area contributed by atoms with Gasteiger partial charge in [-0.15, -0.1) is 0 Å². The zero-order valence-corrected chi connectivity index (χ0v) is 20.0. The van der Waals surface area contributed by atoms with Crippen molar-refractivity contribution in [1.82, 2.24) is 0 Å². The van der Waals surface area contributed by atoms with E-state index in [0.29, 0.717) is 17.9 Å². The van der Waals surface area contributed by atoms with Crippen LogP contribution in [0.25, 0.3) is 0 Å². The number of aliphatic hydroxyl groups excluding tert-OH is 1. The van der Waals surface area contributed by atoms with E-state index < -0.39 is 0 Å². The monoisotopic (exact) mass is 525 g/mol. The molecular weight excluding hydrogens is 488 g/mol. The van der Waals surface area contributed by atoms with E-state index in [-0.39, 0.29) is 32.6 Å². The van der Waals surface area contributed by atoms with Gasteiger partial charge in [0.25, 0.3) is 0 Å². The van der Waals surface area contributed by atoms with Crippen LogP contribution in [0.4, 0.5) is 0 Å². The maximum atomic E-state index is 10.3. The van der Waals surface area contributed by atoms with E-state index in [0.717, 1.165) is 25.4 Å². The molecule has 2 aliphatic rings. The van der Waals surface area contributed by atoms with Crippen LogP contribution < -0.4 is 0 Å². The van der Waals surface area contributed by atoms with Gasteiger partial charge in [-0.1, -0.05) is 40.7 Å². The fraction of sp³-hybridized carbons (Fsp3) is 0.900. The molecule has 0 amide bonds. The number of aliphatic hydroxyl groups is 1. The van der Waals surface area contributed by atoms with Gasteiger partial charge in [-0.25, -0.2) is 0 Å². The van der Waals surface area contributed by atoms with Gasteiger partial charge in [0.1, 0.15) is 0 Å². The van der Waals surface area contributed by atoms with Crippen molar-refractivity contribution in [2.45, 2.75) is 72.3 Å². The molecule has 0 bridgehead atoms. The van der Waals surface area contributed by atoms with Crippen LogP contribution in [0.3, 0.4) is 0 Å². The van der Waals surface area contributed by atoms with Gasteiger partial charge in [-0.2, -0.15) is 6.26 Å². The van der Waals surface area contributed by atoms with E-state index in [1.54, 1.807) is 6.26 Å². The minimum atomic E-state index is -0.0599. The summed E-state index contributed by atoms with van der Waals surface area (Å²) >= 11 is 4.08. The van der Waals surface area contributed by atoms with Crippen LogP contribution in [0.1, 0.15) is 66.2 Å². The second-order valence-electron chi connectivity index (χ2n) is 8.54. The van der Waals surface area contributed by atoms with Crippen LogP contribution in [-0.4, -0.2) is 30.7 Å². The smallest absolute Gasteiger partial charge is 0.0679 e. The van der Waals surface area contributed by atoms with E-state index in [2.05, 4.69) is 46.9 Å². The van der Waals surface area contributed by atoms with Gasteiger partial charge >= 0.3 is 0 Å². The molecule has 0 spiro atoms. The Labute approximate surface area is 169 Å². The van der Waals surface area contributed by atoms with Crippen molar-refractivity contribution in [3.8, 4) is 0 Å². The normalized spacial score (nSPS) is 32.2. The van der Waals surface area contributed by atoms with Gasteiger partial charge in [0.15, 0.2) is 0 Å². The average Bonchev–Trinajstić information content (AvgIpc) is 2.82. The number of rotatable bonds is 5. The van der Waals surface area contributed by atoms with Gasteiger partial charge in [-0.05, 0) is 60.3 Å². The molecule has 0 aliphatic heterocycles. The second-order valence-corrected chi connectivity index (χ2v) is 8.54. The molecule has 2 saturated carbocycles. The van der Waals surface area contributed by atoms with E-state index in [1.807, 2.05) is 0 Å². The fourth-order valence-electron chi connectivity index (χ4n) is 4.37. The maximum Gasteiger partial charge on any atom is 0.0679 e. The van der Waals surface area contributed by atoms with E-state index in [4.69, 9.17) is 4.74 Å². The SMILES string of the molecule is C=C(COCCC1CCC2C(O)CCCC12C)C(C)(C)C.C[S-].[W]. The van der Waals surface area contributed by atoms with Crippen molar-refractivity contribution in [2.75, 3.05) is 19.5 Å². The minimum absolute atomic E-state index is 0. The fourth-order valence-corrected chi connectivity index (χ4v) is 4.37. The summed E-state index contributed by atoms with van der Waals surface area (Å²) in [6.45, 7) is 14.6. The molecule has 142 valence electrons. The Balaban J connectivity index is 0.00000170. The minimum Gasteiger partial charge on any atom is -0.796 e. The summed E-state index contributed by atoms with van der Waals surface area (Å²) in [6.07, 6.45) is 8.61. The van der Waals surface area contributed by atoms with Crippen LogP contribution in [0, 0.1) is 22.7 Å². The molecule has 4 unspecified atom stereocenters. The molecule has 2 nitrogen and oxygen atoms in total. The number of fused-ring (bicyclic) bond motifs is 1. The average molecular weight is 525 g/mol. The molecule has 1 N–H and O–H groups in total. The Morgan fingerprint density at radius 1 is 1.25 bits per heavy atom. The summed E-state index contributed by atoms with van der Waals surface area (Å²) in [5.41, 5.74) is 1.66. The molecular formula is C20H37O2SW-. The molecule has 2 fully saturated rings. The van der Waals surface area contributed by atoms with Crippen molar-refractivity contribution in [2.24, 2.45) is 22.7 Å². The molecule has 4 heteroatoms. The first-order valence-electron chi connectivity index (χ1n) is 9.10. The van der Waals surface area contributed by atoms with Gasteiger partial charge < -0.3 is 22.5 Å². The topological polar surface area (TPSA) is 29.5 Å². The van der Waals surface area contributed by atoms with Crippen molar-refractivity contribution in [3.63, 3.8) is 0 Å². The first kappa shape index (κ1) is 24.7. The Morgan fingerprint density at radius 3 is 2.46 bits per heavy atom.